The van der Waals surface area contributed by atoms with Crippen molar-refractivity contribution in [3.63, 3.8) is 0 Å². The molecule has 0 saturated carbocycles. The first-order valence-corrected chi connectivity index (χ1v) is 7.09. The fraction of sp³-hybridized carbons (Fsp3) is 1.00. The van der Waals surface area contributed by atoms with E-state index in [-0.39, 0.29) is 0 Å². The Morgan fingerprint density at radius 1 is 0.938 bits per heavy atom. The van der Waals surface area contributed by atoms with Crippen LogP contribution in [-0.2, 0) is 0 Å². The topological polar surface area (TPSA) is 29.3 Å². The third-order valence-electron chi connectivity index (χ3n) is 3.29. The second kappa shape index (κ2) is 10.1. The molecule has 0 saturated heterocycles. The number of rotatable bonds is 10. The van der Waals surface area contributed by atoms with Gasteiger partial charge in [0.15, 0.2) is 0 Å². The van der Waals surface area contributed by atoms with E-state index >= 15 is 0 Å². The first kappa shape index (κ1) is 15.9. The van der Waals surface area contributed by atoms with Crippen molar-refractivity contribution in [3.05, 3.63) is 0 Å². The Kier molecular flexibility index (Phi) is 10.0. The summed E-state index contributed by atoms with van der Waals surface area (Å²) in [5.74, 6) is 0.610. The van der Waals surface area contributed by atoms with Gasteiger partial charge < -0.3 is 10.6 Å². The standard InChI is InChI=1S/C14H32N2/c1-5-7-10-16(11-8-6-2)12-9-14(15)13(3)4/h13-14H,5-12,15H2,1-4H3/t14-/m1/s1. The van der Waals surface area contributed by atoms with Crippen LogP contribution in [0.25, 0.3) is 0 Å². The Balaban J connectivity index is 3.80. The SMILES string of the molecule is CCCCN(CCCC)CC[C@@H](N)C(C)C. The van der Waals surface area contributed by atoms with E-state index in [4.69, 9.17) is 5.73 Å². The molecular weight excluding hydrogens is 196 g/mol. The minimum Gasteiger partial charge on any atom is -0.327 e. The van der Waals surface area contributed by atoms with Crippen LogP contribution in [0.15, 0.2) is 0 Å². The number of unbranched alkanes of at least 4 members (excludes halogenated alkanes) is 2. The van der Waals surface area contributed by atoms with Crippen LogP contribution in [-0.4, -0.2) is 30.6 Å². The molecule has 0 fully saturated rings. The van der Waals surface area contributed by atoms with E-state index in [0.717, 1.165) is 6.42 Å². The van der Waals surface area contributed by atoms with Crippen LogP contribution in [0.1, 0.15) is 59.8 Å². The second-order valence-electron chi connectivity index (χ2n) is 5.25. The van der Waals surface area contributed by atoms with Crippen LogP contribution >= 0.6 is 0 Å². The van der Waals surface area contributed by atoms with Gasteiger partial charge in [-0.1, -0.05) is 40.5 Å². The Morgan fingerprint density at radius 2 is 1.44 bits per heavy atom. The molecule has 0 radical (unpaired) electrons. The zero-order valence-electron chi connectivity index (χ0n) is 11.8. The van der Waals surface area contributed by atoms with Gasteiger partial charge in [0.2, 0.25) is 0 Å². The summed E-state index contributed by atoms with van der Waals surface area (Å²) in [5.41, 5.74) is 6.10. The van der Waals surface area contributed by atoms with Crippen molar-refractivity contribution in [2.24, 2.45) is 11.7 Å². The maximum Gasteiger partial charge on any atom is 0.00740 e. The zero-order valence-corrected chi connectivity index (χ0v) is 11.8. The first-order chi connectivity index (χ1) is 7.61. The number of hydrogen-bond acceptors (Lipinski definition) is 2. The Bertz CT molecular complexity index is 138. The molecule has 0 aliphatic rings. The molecule has 0 aromatic carbocycles. The molecule has 0 spiro atoms. The highest BCUT2D eigenvalue weighted by Crippen LogP contribution is 2.06. The van der Waals surface area contributed by atoms with Gasteiger partial charge in [-0.25, -0.2) is 0 Å². The molecule has 0 amide bonds. The van der Waals surface area contributed by atoms with Gasteiger partial charge in [0.05, 0.1) is 0 Å². The summed E-state index contributed by atoms with van der Waals surface area (Å²) >= 11 is 0. The van der Waals surface area contributed by atoms with E-state index in [1.54, 1.807) is 0 Å². The van der Waals surface area contributed by atoms with Gasteiger partial charge >= 0.3 is 0 Å². The summed E-state index contributed by atoms with van der Waals surface area (Å²) < 4.78 is 0. The maximum atomic E-state index is 6.10. The minimum atomic E-state index is 0.366. The second-order valence-corrected chi connectivity index (χ2v) is 5.25. The third kappa shape index (κ3) is 8.12. The van der Waals surface area contributed by atoms with Crippen molar-refractivity contribution in [2.45, 2.75) is 65.8 Å². The normalized spacial score (nSPS) is 13.7. The van der Waals surface area contributed by atoms with E-state index in [1.165, 1.54) is 45.3 Å². The highest BCUT2D eigenvalue weighted by atomic mass is 15.1. The van der Waals surface area contributed by atoms with Gasteiger partial charge in [-0.3, -0.25) is 0 Å². The van der Waals surface area contributed by atoms with Crippen molar-refractivity contribution in [1.82, 2.24) is 4.90 Å². The van der Waals surface area contributed by atoms with Gasteiger partial charge in [-0.2, -0.15) is 0 Å². The Hall–Kier alpha value is -0.0800. The summed E-state index contributed by atoms with van der Waals surface area (Å²) in [5, 5.41) is 0. The van der Waals surface area contributed by atoms with Crippen molar-refractivity contribution >= 4 is 0 Å². The van der Waals surface area contributed by atoms with Crippen LogP contribution in [0.2, 0.25) is 0 Å². The molecule has 98 valence electrons. The minimum absolute atomic E-state index is 0.366. The average Bonchev–Trinajstić information content (AvgIpc) is 2.27. The quantitative estimate of drug-likeness (QED) is 0.622. The van der Waals surface area contributed by atoms with Gasteiger partial charge in [-0.15, -0.1) is 0 Å². The number of nitrogens with zero attached hydrogens (tertiary/aromatic N) is 1. The molecule has 2 nitrogen and oxygen atoms in total. The van der Waals surface area contributed by atoms with E-state index < -0.39 is 0 Å². The van der Waals surface area contributed by atoms with E-state index in [2.05, 4.69) is 32.6 Å². The van der Waals surface area contributed by atoms with Gasteiger partial charge in [0.1, 0.15) is 0 Å². The molecule has 2 heteroatoms. The highest BCUT2D eigenvalue weighted by molar-refractivity contribution is 4.68. The summed E-state index contributed by atoms with van der Waals surface area (Å²) in [6, 6.07) is 0.366. The lowest BCUT2D eigenvalue weighted by atomic mass is 10.0. The Morgan fingerprint density at radius 3 is 1.81 bits per heavy atom. The number of hydrogen-bond donors (Lipinski definition) is 1. The van der Waals surface area contributed by atoms with Crippen LogP contribution in [0.4, 0.5) is 0 Å². The first-order valence-electron chi connectivity index (χ1n) is 7.09. The molecule has 0 aliphatic heterocycles. The van der Waals surface area contributed by atoms with Crippen molar-refractivity contribution < 1.29 is 0 Å². The molecular formula is C14H32N2. The molecule has 0 unspecified atom stereocenters. The predicted octanol–water partition coefficient (Wildman–Crippen LogP) is 3.26. The molecule has 0 aromatic heterocycles. The summed E-state index contributed by atoms with van der Waals surface area (Å²) in [6.07, 6.45) is 6.37. The van der Waals surface area contributed by atoms with Crippen LogP contribution in [0.5, 0.6) is 0 Å². The molecule has 2 N–H and O–H groups in total. The summed E-state index contributed by atoms with van der Waals surface area (Å²) in [6.45, 7) is 12.6. The predicted molar refractivity (Wildman–Crippen MR) is 73.7 cm³/mol. The number of nitrogens with two attached hydrogens (primary N) is 1. The summed E-state index contributed by atoms with van der Waals surface area (Å²) in [7, 11) is 0. The fourth-order valence-corrected chi connectivity index (χ4v) is 1.76. The lowest BCUT2D eigenvalue weighted by Gasteiger charge is -2.24. The average molecular weight is 228 g/mol. The molecule has 0 aromatic rings. The molecule has 0 rings (SSSR count). The highest BCUT2D eigenvalue weighted by Gasteiger charge is 2.10. The molecule has 0 heterocycles. The lowest BCUT2D eigenvalue weighted by Crippen LogP contribution is -2.34. The monoisotopic (exact) mass is 228 g/mol. The summed E-state index contributed by atoms with van der Waals surface area (Å²) in [4.78, 5) is 2.59. The van der Waals surface area contributed by atoms with Gasteiger partial charge in [0, 0.05) is 6.04 Å². The lowest BCUT2D eigenvalue weighted by molar-refractivity contribution is 0.247. The molecule has 0 aliphatic carbocycles. The third-order valence-corrected chi connectivity index (χ3v) is 3.29. The fourth-order valence-electron chi connectivity index (χ4n) is 1.76. The molecule has 16 heavy (non-hydrogen) atoms. The maximum absolute atomic E-state index is 6.10. The molecule has 1 atom stereocenters. The van der Waals surface area contributed by atoms with Gasteiger partial charge in [0.25, 0.3) is 0 Å². The van der Waals surface area contributed by atoms with Crippen LogP contribution in [0.3, 0.4) is 0 Å². The van der Waals surface area contributed by atoms with E-state index in [9.17, 15) is 0 Å². The van der Waals surface area contributed by atoms with Crippen LogP contribution in [0, 0.1) is 5.92 Å². The Labute approximate surface area is 103 Å². The zero-order chi connectivity index (χ0) is 12.4. The van der Waals surface area contributed by atoms with E-state index in [1.807, 2.05) is 0 Å². The van der Waals surface area contributed by atoms with Crippen molar-refractivity contribution in [3.8, 4) is 0 Å². The van der Waals surface area contributed by atoms with E-state index in [0.29, 0.717) is 12.0 Å². The smallest absolute Gasteiger partial charge is 0.00740 e. The molecule has 0 bridgehead atoms. The largest absolute Gasteiger partial charge is 0.327 e. The van der Waals surface area contributed by atoms with Crippen LogP contribution < -0.4 is 5.73 Å². The van der Waals surface area contributed by atoms with Crippen molar-refractivity contribution in [1.29, 1.82) is 0 Å². The van der Waals surface area contributed by atoms with Gasteiger partial charge in [-0.05, 0) is 44.8 Å². The van der Waals surface area contributed by atoms with Crippen molar-refractivity contribution in [2.75, 3.05) is 19.6 Å².